The summed E-state index contributed by atoms with van der Waals surface area (Å²) in [5, 5.41) is 39.2. The number of benzene rings is 3. The molecule has 0 aliphatic heterocycles. The number of anilines is 1. The number of aliphatic carboxylic acids is 1. The summed E-state index contributed by atoms with van der Waals surface area (Å²) >= 11 is 0. The van der Waals surface area contributed by atoms with Crippen molar-refractivity contribution in [3.63, 3.8) is 0 Å². The molecule has 4 N–H and O–H groups in total. The average molecular weight is 578 g/mol. The minimum atomic E-state index is -1.37. The summed E-state index contributed by atoms with van der Waals surface area (Å²) in [5.41, 5.74) is 3.25. The zero-order chi connectivity index (χ0) is 30.2. The first-order valence-corrected chi connectivity index (χ1v) is 12.9. The normalized spacial score (nSPS) is 12.4. The second kappa shape index (κ2) is 13.2. The van der Waals surface area contributed by atoms with E-state index in [-0.39, 0.29) is 44.1 Å². The molecule has 1 aliphatic rings. The predicted molar refractivity (Wildman–Crippen MR) is 150 cm³/mol. The van der Waals surface area contributed by atoms with Crippen LogP contribution in [0.2, 0.25) is 0 Å². The van der Waals surface area contributed by atoms with Crippen molar-refractivity contribution < 1.29 is 34.1 Å². The third-order valence-electron chi connectivity index (χ3n) is 6.75. The molecule has 0 spiro atoms. The van der Waals surface area contributed by atoms with Gasteiger partial charge < -0.3 is 25.8 Å². The lowest BCUT2D eigenvalue weighted by molar-refractivity contribution is -0.393. The Hall–Kier alpha value is -5.53. The highest BCUT2D eigenvalue weighted by atomic mass is 16.6. The first-order chi connectivity index (χ1) is 20.2. The lowest BCUT2D eigenvalue weighted by Crippen LogP contribution is -2.42. The number of non-ortho nitro benzene ring substituents is 1. The molecule has 0 radical (unpaired) electrons. The van der Waals surface area contributed by atoms with Gasteiger partial charge in [-0.05, 0) is 34.7 Å². The van der Waals surface area contributed by atoms with Crippen LogP contribution in [0.3, 0.4) is 0 Å². The summed E-state index contributed by atoms with van der Waals surface area (Å²) in [6.07, 6.45) is -1.34. The SMILES string of the molecule is O=C(CC[C@H](NC(=O)OCC1c2ccccc2-c2ccccc21)C(=O)O)NCCNc1ccc([N+](=O)[O-])cc1[N+](=O)[O-]. The first kappa shape index (κ1) is 29.5. The third-order valence-corrected chi connectivity index (χ3v) is 6.75. The molecule has 218 valence electrons. The molecule has 0 saturated heterocycles. The van der Waals surface area contributed by atoms with Crippen molar-refractivity contribution in [3.05, 3.63) is 98.1 Å². The number of carbonyl (C=O) groups excluding carboxylic acids is 2. The maximum Gasteiger partial charge on any atom is 0.407 e. The van der Waals surface area contributed by atoms with E-state index < -0.39 is 45.2 Å². The van der Waals surface area contributed by atoms with E-state index in [1.54, 1.807) is 0 Å². The van der Waals surface area contributed by atoms with Crippen molar-refractivity contribution >= 4 is 35.0 Å². The number of nitro benzene ring substituents is 2. The Balaban J connectivity index is 1.22. The summed E-state index contributed by atoms with van der Waals surface area (Å²) in [7, 11) is 0. The summed E-state index contributed by atoms with van der Waals surface area (Å²) in [6.45, 7) is 0.0991. The second-order valence-corrected chi connectivity index (χ2v) is 9.39. The molecule has 0 aromatic heterocycles. The van der Waals surface area contributed by atoms with Crippen molar-refractivity contribution in [2.45, 2.75) is 24.8 Å². The number of amides is 2. The van der Waals surface area contributed by atoms with Crippen LogP contribution >= 0.6 is 0 Å². The van der Waals surface area contributed by atoms with Crippen LogP contribution in [0.5, 0.6) is 0 Å². The number of hydrogen-bond donors (Lipinski definition) is 4. The summed E-state index contributed by atoms with van der Waals surface area (Å²) in [6, 6.07) is 17.4. The Morgan fingerprint density at radius 3 is 2.14 bits per heavy atom. The molecule has 0 fully saturated rings. The number of nitro groups is 2. The van der Waals surface area contributed by atoms with E-state index in [4.69, 9.17) is 4.74 Å². The van der Waals surface area contributed by atoms with Gasteiger partial charge in [-0.1, -0.05) is 48.5 Å². The Morgan fingerprint density at radius 2 is 1.55 bits per heavy atom. The molecule has 42 heavy (non-hydrogen) atoms. The van der Waals surface area contributed by atoms with E-state index in [0.29, 0.717) is 0 Å². The van der Waals surface area contributed by atoms with Crippen molar-refractivity contribution in [3.8, 4) is 11.1 Å². The number of hydrogen-bond acceptors (Lipinski definition) is 9. The minimum absolute atomic E-state index is 0.00656. The van der Waals surface area contributed by atoms with Crippen molar-refractivity contribution in [2.75, 3.05) is 25.0 Å². The molecule has 0 saturated carbocycles. The Kier molecular flexibility index (Phi) is 9.27. The predicted octanol–water partition coefficient (Wildman–Crippen LogP) is 3.80. The molecule has 0 unspecified atom stereocenters. The van der Waals surface area contributed by atoms with E-state index in [1.165, 1.54) is 6.07 Å². The topological polar surface area (TPSA) is 203 Å². The largest absolute Gasteiger partial charge is 0.480 e. The number of rotatable bonds is 13. The van der Waals surface area contributed by atoms with Crippen LogP contribution in [0.1, 0.15) is 29.9 Å². The highest BCUT2D eigenvalue weighted by Gasteiger charge is 2.30. The van der Waals surface area contributed by atoms with E-state index in [9.17, 15) is 39.7 Å². The van der Waals surface area contributed by atoms with Gasteiger partial charge in [0, 0.05) is 31.5 Å². The summed E-state index contributed by atoms with van der Waals surface area (Å²) in [5.74, 6) is -2.03. The number of ether oxygens (including phenoxy) is 1. The molecule has 1 atom stereocenters. The number of fused-ring (bicyclic) bond motifs is 3. The van der Waals surface area contributed by atoms with Gasteiger partial charge in [-0.2, -0.15) is 0 Å². The number of carboxylic acid groups (broad SMARTS) is 1. The molecule has 0 heterocycles. The number of carboxylic acids is 1. The molecule has 3 aromatic carbocycles. The Bertz CT molecular complexity index is 1480. The zero-order valence-corrected chi connectivity index (χ0v) is 22.1. The van der Waals surface area contributed by atoms with Gasteiger partial charge in [0.25, 0.3) is 11.4 Å². The van der Waals surface area contributed by atoms with Crippen LogP contribution in [0.15, 0.2) is 66.7 Å². The molecule has 14 heteroatoms. The van der Waals surface area contributed by atoms with Gasteiger partial charge in [0.2, 0.25) is 5.91 Å². The van der Waals surface area contributed by atoms with Crippen molar-refractivity contribution in [1.82, 2.24) is 10.6 Å². The minimum Gasteiger partial charge on any atom is -0.480 e. The van der Waals surface area contributed by atoms with E-state index in [2.05, 4.69) is 16.0 Å². The quantitative estimate of drug-likeness (QED) is 0.131. The molecular formula is C28H27N5O9. The zero-order valence-electron chi connectivity index (χ0n) is 22.1. The first-order valence-electron chi connectivity index (χ1n) is 12.9. The molecule has 3 aromatic rings. The lowest BCUT2D eigenvalue weighted by Gasteiger charge is -2.17. The smallest absolute Gasteiger partial charge is 0.407 e. The average Bonchev–Trinajstić information content (AvgIpc) is 3.29. The lowest BCUT2D eigenvalue weighted by atomic mass is 9.98. The molecule has 14 nitrogen and oxygen atoms in total. The van der Waals surface area contributed by atoms with Crippen molar-refractivity contribution in [1.29, 1.82) is 0 Å². The van der Waals surface area contributed by atoms with Crippen LogP contribution in [0.4, 0.5) is 21.9 Å². The van der Waals surface area contributed by atoms with Gasteiger partial charge in [-0.3, -0.25) is 25.0 Å². The highest BCUT2D eigenvalue weighted by molar-refractivity contribution is 5.82. The molecular weight excluding hydrogens is 550 g/mol. The fraction of sp³-hybridized carbons (Fsp3) is 0.250. The van der Waals surface area contributed by atoms with Crippen LogP contribution in [0, 0.1) is 20.2 Å². The Morgan fingerprint density at radius 1 is 0.905 bits per heavy atom. The van der Waals surface area contributed by atoms with Crippen LogP contribution in [0.25, 0.3) is 11.1 Å². The monoisotopic (exact) mass is 577 g/mol. The third kappa shape index (κ3) is 6.96. The summed E-state index contributed by atoms with van der Waals surface area (Å²) in [4.78, 5) is 57.0. The number of nitrogens with zero attached hydrogens (tertiary/aromatic N) is 2. The van der Waals surface area contributed by atoms with Crippen LogP contribution < -0.4 is 16.0 Å². The Labute approximate surface area is 239 Å². The fourth-order valence-electron chi connectivity index (χ4n) is 4.74. The van der Waals surface area contributed by atoms with Gasteiger partial charge in [0.15, 0.2) is 0 Å². The maximum absolute atomic E-state index is 12.5. The van der Waals surface area contributed by atoms with Crippen LogP contribution in [-0.2, 0) is 14.3 Å². The number of nitrogens with one attached hydrogen (secondary N) is 3. The second-order valence-electron chi connectivity index (χ2n) is 9.39. The fourth-order valence-corrected chi connectivity index (χ4v) is 4.74. The molecule has 4 rings (SSSR count). The van der Waals surface area contributed by atoms with Gasteiger partial charge in [0.1, 0.15) is 18.3 Å². The molecule has 1 aliphatic carbocycles. The van der Waals surface area contributed by atoms with Gasteiger partial charge in [-0.25, -0.2) is 9.59 Å². The van der Waals surface area contributed by atoms with Gasteiger partial charge in [-0.15, -0.1) is 0 Å². The molecule has 2 amide bonds. The van der Waals surface area contributed by atoms with E-state index in [0.717, 1.165) is 34.4 Å². The maximum atomic E-state index is 12.5. The van der Waals surface area contributed by atoms with Gasteiger partial charge >= 0.3 is 12.1 Å². The number of carbonyl (C=O) groups is 3. The van der Waals surface area contributed by atoms with E-state index in [1.807, 2.05) is 48.5 Å². The van der Waals surface area contributed by atoms with E-state index >= 15 is 0 Å². The van der Waals surface area contributed by atoms with Gasteiger partial charge in [0.05, 0.1) is 15.9 Å². The van der Waals surface area contributed by atoms with Crippen LogP contribution in [-0.4, -0.2) is 58.7 Å². The highest BCUT2D eigenvalue weighted by Crippen LogP contribution is 2.44. The standard InChI is InChI=1S/C28H27N5O9/c34-26(30-14-13-29-23-10-9-17(32(38)39)15-25(23)33(40)41)12-11-24(27(35)36)31-28(37)42-16-22-20-7-3-1-5-18(20)19-6-2-4-8-21(19)22/h1-10,15,22,24,29H,11-14,16H2,(H,30,34)(H,31,37)(H,35,36)/t24-/m0/s1. The molecule has 0 bridgehead atoms. The van der Waals surface area contributed by atoms with Crippen molar-refractivity contribution in [2.24, 2.45) is 0 Å². The summed E-state index contributed by atoms with van der Waals surface area (Å²) < 4.78 is 5.39. The number of alkyl carbamates (subject to hydrolysis) is 1.